The molecule has 1 aliphatic rings. The van der Waals surface area contributed by atoms with Crippen molar-refractivity contribution in [1.82, 2.24) is 4.98 Å². The molecule has 2 aromatic carbocycles. The van der Waals surface area contributed by atoms with Gasteiger partial charge in [0.05, 0.1) is 10.9 Å². The molecule has 29 heavy (non-hydrogen) atoms. The summed E-state index contributed by atoms with van der Waals surface area (Å²) in [5.74, 6) is 0.544. The van der Waals surface area contributed by atoms with Crippen LogP contribution in [0.2, 0.25) is 0 Å². The molecule has 0 N–H and O–H groups in total. The topological polar surface area (TPSA) is 25.4 Å². The van der Waals surface area contributed by atoms with Crippen molar-refractivity contribution >= 4 is 28.4 Å². The van der Waals surface area contributed by atoms with Crippen LogP contribution in [0.15, 0.2) is 85.2 Å². The highest BCUT2D eigenvalue weighted by molar-refractivity contribution is 7.99. The predicted octanol–water partition coefficient (Wildman–Crippen LogP) is 6.28. The van der Waals surface area contributed by atoms with E-state index >= 15 is 0 Å². The number of benzene rings is 2. The summed E-state index contributed by atoms with van der Waals surface area (Å²) in [6.45, 7) is 0. The normalized spacial score (nSPS) is 16.4. The second-order valence-corrected chi connectivity index (χ2v) is 7.47. The van der Waals surface area contributed by atoms with E-state index in [1.807, 2.05) is 53.7 Å². The molecule has 3 aromatic rings. The zero-order chi connectivity index (χ0) is 20.3. The Kier molecular flexibility index (Phi) is 5.49. The van der Waals surface area contributed by atoms with E-state index in [1.165, 1.54) is 17.7 Å². The van der Waals surface area contributed by atoms with Gasteiger partial charge in [-0.3, -0.25) is 4.98 Å². The fourth-order valence-corrected chi connectivity index (χ4v) is 4.28. The monoisotopic (exact) mass is 414 g/mol. The van der Waals surface area contributed by atoms with E-state index in [0.717, 1.165) is 22.3 Å². The van der Waals surface area contributed by atoms with Crippen LogP contribution in [0.25, 0.3) is 10.9 Å². The molecule has 0 amide bonds. The number of anilines is 1. The Bertz CT molecular complexity index is 1040. The van der Waals surface area contributed by atoms with Crippen LogP contribution in [0, 0.1) is 0 Å². The second kappa shape index (κ2) is 8.21. The van der Waals surface area contributed by atoms with Crippen molar-refractivity contribution in [3.63, 3.8) is 0 Å². The van der Waals surface area contributed by atoms with Gasteiger partial charge < -0.3 is 9.64 Å². The Balaban J connectivity index is 1.49. The van der Waals surface area contributed by atoms with E-state index in [2.05, 4.69) is 21.9 Å². The highest BCUT2D eigenvalue weighted by atomic mass is 32.2. The van der Waals surface area contributed by atoms with E-state index in [1.54, 1.807) is 23.9 Å². The average Bonchev–Trinajstić information content (AvgIpc) is 2.72. The van der Waals surface area contributed by atoms with Crippen molar-refractivity contribution in [3.8, 4) is 5.75 Å². The number of allylic oxidation sites excluding steroid dienone is 2. The minimum absolute atomic E-state index is 0.0151. The van der Waals surface area contributed by atoms with Crippen LogP contribution in [0.5, 0.6) is 5.75 Å². The van der Waals surface area contributed by atoms with Gasteiger partial charge in [-0.25, -0.2) is 0 Å². The smallest absolute Gasteiger partial charge is 0.406 e. The van der Waals surface area contributed by atoms with Gasteiger partial charge in [0, 0.05) is 29.2 Å². The first kappa shape index (κ1) is 19.4. The number of halogens is 3. The number of hydrogen-bond donors (Lipinski definition) is 0. The van der Waals surface area contributed by atoms with Gasteiger partial charge in [0.1, 0.15) is 5.75 Å². The summed E-state index contributed by atoms with van der Waals surface area (Å²) in [5, 5.41) is 1.14. The second-order valence-electron chi connectivity index (χ2n) is 6.36. The summed E-state index contributed by atoms with van der Waals surface area (Å²) in [5.41, 5.74) is 2.94. The number of nitrogens with zero attached hydrogens (tertiary/aromatic N) is 2. The number of thioether (sulfide) groups is 1. The maximum Gasteiger partial charge on any atom is 0.573 e. The van der Waals surface area contributed by atoms with E-state index in [9.17, 15) is 13.2 Å². The van der Waals surface area contributed by atoms with E-state index < -0.39 is 6.36 Å². The van der Waals surface area contributed by atoms with Crippen molar-refractivity contribution in [2.45, 2.75) is 17.5 Å². The molecule has 1 aliphatic heterocycles. The Hall–Kier alpha value is -2.93. The molecule has 7 heteroatoms. The van der Waals surface area contributed by atoms with Crippen LogP contribution < -0.4 is 9.64 Å². The van der Waals surface area contributed by atoms with E-state index in [0.29, 0.717) is 0 Å². The summed E-state index contributed by atoms with van der Waals surface area (Å²) < 4.78 is 41.1. The Morgan fingerprint density at radius 1 is 1.00 bits per heavy atom. The fourth-order valence-electron chi connectivity index (χ4n) is 3.12. The number of aromatic nitrogens is 1. The lowest BCUT2D eigenvalue weighted by molar-refractivity contribution is -0.274. The maximum absolute atomic E-state index is 12.4. The minimum atomic E-state index is -4.69. The quantitative estimate of drug-likeness (QED) is 0.490. The van der Waals surface area contributed by atoms with Gasteiger partial charge in [-0.15, -0.1) is 24.9 Å². The molecule has 0 saturated heterocycles. The van der Waals surface area contributed by atoms with Gasteiger partial charge in [-0.1, -0.05) is 30.4 Å². The molecule has 4 rings (SSSR count). The first-order chi connectivity index (χ1) is 14.0. The minimum Gasteiger partial charge on any atom is -0.406 e. The van der Waals surface area contributed by atoms with Gasteiger partial charge >= 0.3 is 6.36 Å². The number of fused-ring (bicyclic) bond motifs is 1. The lowest BCUT2D eigenvalue weighted by atomic mass is 10.1. The molecular weight excluding hydrogens is 397 g/mol. The summed E-state index contributed by atoms with van der Waals surface area (Å²) in [6, 6.07) is 15.9. The molecule has 0 fully saturated rings. The predicted molar refractivity (Wildman–Crippen MR) is 111 cm³/mol. The summed E-state index contributed by atoms with van der Waals surface area (Å²) in [4.78, 5) is 6.42. The van der Waals surface area contributed by atoms with Gasteiger partial charge in [-0.05, 0) is 48.0 Å². The zero-order valence-electron chi connectivity index (χ0n) is 15.2. The average molecular weight is 414 g/mol. The van der Waals surface area contributed by atoms with Crippen molar-refractivity contribution in [3.05, 3.63) is 90.8 Å². The van der Waals surface area contributed by atoms with Crippen molar-refractivity contribution < 1.29 is 17.9 Å². The molecule has 0 aliphatic carbocycles. The summed E-state index contributed by atoms with van der Waals surface area (Å²) in [6.07, 6.45) is 4.97. The van der Waals surface area contributed by atoms with E-state index in [-0.39, 0.29) is 11.1 Å². The molecule has 1 aromatic heterocycles. The molecule has 1 unspecified atom stereocenters. The van der Waals surface area contributed by atoms with Gasteiger partial charge in [0.25, 0.3) is 0 Å². The largest absolute Gasteiger partial charge is 0.573 e. The number of alkyl halides is 3. The SMILES string of the molecule is FC(F)(F)Oc1ccc(N2C=CC=CC2SCc2ccnc3ccccc23)cc1. The van der Waals surface area contributed by atoms with Crippen LogP contribution in [0.3, 0.4) is 0 Å². The molecule has 3 nitrogen and oxygen atoms in total. The lowest BCUT2D eigenvalue weighted by Gasteiger charge is -2.30. The third-order valence-electron chi connectivity index (χ3n) is 4.43. The molecule has 0 saturated carbocycles. The molecule has 1 atom stereocenters. The first-order valence-corrected chi connectivity index (χ1v) is 9.98. The third kappa shape index (κ3) is 4.74. The van der Waals surface area contributed by atoms with Gasteiger partial charge in [0.15, 0.2) is 0 Å². The number of para-hydroxylation sites is 1. The number of rotatable bonds is 5. The summed E-state index contributed by atoms with van der Waals surface area (Å²) >= 11 is 1.73. The first-order valence-electron chi connectivity index (χ1n) is 8.93. The van der Waals surface area contributed by atoms with Gasteiger partial charge in [-0.2, -0.15) is 0 Å². The van der Waals surface area contributed by atoms with Crippen LogP contribution in [-0.2, 0) is 5.75 Å². The Labute approximate surface area is 170 Å². The van der Waals surface area contributed by atoms with Crippen LogP contribution in [0.4, 0.5) is 18.9 Å². The van der Waals surface area contributed by atoms with Crippen molar-refractivity contribution in [2.24, 2.45) is 0 Å². The number of hydrogen-bond acceptors (Lipinski definition) is 4. The highest BCUT2D eigenvalue weighted by Crippen LogP contribution is 2.32. The molecule has 148 valence electrons. The zero-order valence-corrected chi connectivity index (χ0v) is 16.0. The third-order valence-corrected chi connectivity index (χ3v) is 5.63. The Morgan fingerprint density at radius 2 is 1.79 bits per heavy atom. The number of pyridine rings is 1. The van der Waals surface area contributed by atoms with Crippen LogP contribution >= 0.6 is 11.8 Å². The summed E-state index contributed by atoms with van der Waals surface area (Å²) in [7, 11) is 0. The van der Waals surface area contributed by atoms with E-state index in [4.69, 9.17) is 0 Å². The highest BCUT2D eigenvalue weighted by Gasteiger charge is 2.31. The molecule has 0 bridgehead atoms. The van der Waals surface area contributed by atoms with Gasteiger partial charge in [0.2, 0.25) is 0 Å². The van der Waals surface area contributed by atoms with Crippen molar-refractivity contribution in [1.29, 1.82) is 0 Å². The van der Waals surface area contributed by atoms with Crippen LogP contribution in [-0.4, -0.2) is 16.7 Å². The Morgan fingerprint density at radius 3 is 2.59 bits per heavy atom. The standard InChI is InChI=1S/C22H17F3N2OS/c23-22(24,25)28-18-10-8-17(9-11-18)27-14-4-3-7-21(27)29-15-16-12-13-26-20-6-2-1-5-19(16)20/h1-14,21H,15H2. The molecular formula is C22H17F3N2OS. The molecule has 0 radical (unpaired) electrons. The fraction of sp³-hybridized carbons (Fsp3) is 0.136. The molecule has 0 spiro atoms. The molecule has 2 heterocycles. The van der Waals surface area contributed by atoms with Crippen LogP contribution in [0.1, 0.15) is 5.56 Å². The maximum atomic E-state index is 12.4. The van der Waals surface area contributed by atoms with Crippen molar-refractivity contribution in [2.75, 3.05) is 4.90 Å². The lowest BCUT2D eigenvalue weighted by Crippen LogP contribution is -2.27. The number of ether oxygens (including phenoxy) is 1.